The number of hydrogen-bond donors (Lipinski definition) is 0. The molecule has 0 spiro atoms. The molecule has 82 valence electrons. The summed E-state index contributed by atoms with van der Waals surface area (Å²) in [5, 5.41) is 2.96. The van der Waals surface area contributed by atoms with E-state index >= 15 is 0 Å². The van der Waals surface area contributed by atoms with E-state index in [0.29, 0.717) is 8.23 Å². The molecule has 1 heterocycles. The largest absolute Gasteiger partial charge is 0.440 e. The van der Waals surface area contributed by atoms with Crippen LogP contribution in [0.5, 0.6) is 0 Å². The fourth-order valence-electron chi connectivity index (χ4n) is 1.08. The van der Waals surface area contributed by atoms with Gasteiger partial charge in [-0.1, -0.05) is 0 Å². The summed E-state index contributed by atoms with van der Waals surface area (Å²) in [6.45, 7) is 1.32. The highest BCUT2D eigenvalue weighted by molar-refractivity contribution is 6.05. The average molecular weight is 237 g/mol. The van der Waals surface area contributed by atoms with E-state index in [-0.39, 0.29) is 23.1 Å². The van der Waals surface area contributed by atoms with Crippen molar-refractivity contribution in [1.29, 1.82) is 0 Å². The summed E-state index contributed by atoms with van der Waals surface area (Å²) in [6.07, 6.45) is -4.83. The smallest absolute Gasteiger partial charge is 0.322 e. The Morgan fingerprint density at radius 3 is 2.33 bits per heavy atom. The fraction of sp³-hybridized carbons (Fsp3) is 0.500. The van der Waals surface area contributed by atoms with Gasteiger partial charge in [-0.05, 0) is 6.92 Å². The van der Waals surface area contributed by atoms with Gasteiger partial charge in [-0.2, -0.15) is 18.3 Å². The standard InChI is InChI=1S/C6H6F3N3O2.Al.2H/c1-2-12-4(13)3(6(7,8)9)10-11-5(12)14;;;/h2H2,1H3,(H,11,13,14);;;/q;+1;;/p-1. The Kier molecular flexibility index (Phi) is 3.06. The molecule has 0 aromatic carbocycles. The van der Waals surface area contributed by atoms with Crippen molar-refractivity contribution in [3.05, 3.63) is 26.5 Å². The Balaban J connectivity index is 3.67. The summed E-state index contributed by atoms with van der Waals surface area (Å²) in [4.78, 5) is 22.4. The van der Waals surface area contributed by atoms with Crippen LogP contribution >= 0.6 is 0 Å². The number of rotatable bonds is 1. The first kappa shape index (κ1) is 12.0. The number of hydrogen-bond acceptors (Lipinski definition) is 3. The van der Waals surface area contributed by atoms with Gasteiger partial charge in [-0.25, -0.2) is 4.79 Å². The Hall–Kier alpha value is -1.07. The molecule has 0 aliphatic rings. The summed E-state index contributed by atoms with van der Waals surface area (Å²) in [5.74, 6) is 0. The zero-order chi connectivity index (χ0) is 11.8. The Bertz CT molecular complexity index is 490. The average Bonchev–Trinajstić information content (AvgIpc) is 2.10. The molecule has 0 fully saturated rings. The summed E-state index contributed by atoms with van der Waals surface area (Å²) in [7, 11) is 0. The summed E-state index contributed by atoms with van der Waals surface area (Å²) in [5.41, 5.74) is -3.73. The summed E-state index contributed by atoms with van der Waals surface area (Å²) >= 11 is -0.00719. The van der Waals surface area contributed by atoms with E-state index < -0.39 is 23.1 Å². The highest BCUT2D eigenvalue weighted by Gasteiger charge is 2.37. The first-order chi connectivity index (χ1) is 6.79. The van der Waals surface area contributed by atoms with Crippen molar-refractivity contribution in [3.8, 4) is 0 Å². The van der Waals surface area contributed by atoms with Crippen molar-refractivity contribution in [1.82, 2.24) is 13.3 Å². The maximum atomic E-state index is 12.3. The highest BCUT2D eigenvalue weighted by Crippen LogP contribution is 2.23. The van der Waals surface area contributed by atoms with Crippen LogP contribution in [0, 0.1) is 0 Å². The topological polar surface area (TPSA) is 56.9 Å². The predicted molar refractivity (Wildman–Crippen MR) is 47.4 cm³/mol. The lowest BCUT2D eigenvalue weighted by atomic mass is 10.4. The zero-order valence-corrected chi connectivity index (χ0v) is 10.00. The van der Waals surface area contributed by atoms with Crippen LogP contribution in [0.1, 0.15) is 12.6 Å². The predicted octanol–water partition coefficient (Wildman–Crippen LogP) is -1.16. The first-order valence-electron chi connectivity index (χ1n) is 4.04. The van der Waals surface area contributed by atoms with E-state index in [2.05, 4.69) is 5.10 Å². The Labute approximate surface area is 89.8 Å². The van der Waals surface area contributed by atoms with E-state index in [0.717, 1.165) is 0 Å². The second-order valence-electron chi connectivity index (χ2n) is 2.80. The van der Waals surface area contributed by atoms with Crippen molar-refractivity contribution >= 4 is 16.5 Å². The van der Waals surface area contributed by atoms with E-state index in [1.807, 2.05) is 0 Å². The van der Waals surface area contributed by atoms with Gasteiger partial charge in [0, 0.05) is 6.54 Å². The van der Waals surface area contributed by atoms with Gasteiger partial charge in [0.15, 0.2) is 0 Å². The quantitative estimate of drug-likeness (QED) is 0.579. The van der Waals surface area contributed by atoms with Gasteiger partial charge in [0.05, 0.1) is 0 Å². The first-order valence-corrected chi connectivity index (χ1v) is 4.93. The number of aromatic nitrogens is 3. The minimum atomic E-state index is -4.83. The molecule has 0 aliphatic heterocycles. The lowest BCUT2D eigenvalue weighted by Crippen LogP contribution is -2.44. The van der Waals surface area contributed by atoms with Crippen LogP contribution in [0.15, 0.2) is 9.59 Å². The Morgan fingerprint density at radius 2 is 1.93 bits per heavy atom. The third-order valence-electron chi connectivity index (χ3n) is 1.79. The third-order valence-corrected chi connectivity index (χ3v) is 2.37. The molecule has 0 saturated heterocycles. The summed E-state index contributed by atoms with van der Waals surface area (Å²) < 4.78 is 38.1. The van der Waals surface area contributed by atoms with Gasteiger partial charge in [0.1, 0.15) is 0 Å². The molecule has 0 N–H and O–H groups in total. The Morgan fingerprint density at radius 1 is 1.40 bits per heavy atom. The van der Waals surface area contributed by atoms with Gasteiger partial charge in [0.2, 0.25) is 5.69 Å². The van der Waals surface area contributed by atoms with E-state index in [4.69, 9.17) is 0 Å². The van der Waals surface area contributed by atoms with Crippen LogP contribution in [-0.2, 0) is 12.7 Å². The number of alkyl halides is 3. The lowest BCUT2D eigenvalue weighted by molar-refractivity contribution is -0.143. The molecular formula is C6H7AlF3N3O2. The van der Waals surface area contributed by atoms with Crippen LogP contribution < -0.4 is 11.2 Å². The van der Waals surface area contributed by atoms with E-state index in [1.165, 1.54) is 6.92 Å². The van der Waals surface area contributed by atoms with Crippen LogP contribution in [-0.4, -0.2) is 29.8 Å². The van der Waals surface area contributed by atoms with Crippen molar-refractivity contribution in [2.24, 2.45) is 0 Å². The molecule has 1 aromatic rings. The summed E-state index contributed by atoms with van der Waals surface area (Å²) in [6, 6.07) is 0. The maximum absolute atomic E-state index is 12.3. The molecule has 0 bridgehead atoms. The lowest BCUT2D eigenvalue weighted by Gasteiger charge is -2.09. The SMILES string of the molecule is CCn1c(=O)c(C(F)(F)F)n[n]([AlH2])c1=O. The van der Waals surface area contributed by atoms with Crippen molar-refractivity contribution < 1.29 is 13.2 Å². The number of halogens is 3. The molecule has 5 nitrogen and oxygen atoms in total. The fourth-order valence-corrected chi connectivity index (χ4v) is 1.52. The molecule has 15 heavy (non-hydrogen) atoms. The second-order valence-corrected chi connectivity index (χ2v) is 3.65. The van der Waals surface area contributed by atoms with Gasteiger partial charge in [-0.3, -0.25) is 9.36 Å². The van der Waals surface area contributed by atoms with Crippen molar-refractivity contribution in [3.63, 3.8) is 0 Å². The third kappa shape index (κ3) is 2.13. The molecule has 0 saturated carbocycles. The van der Waals surface area contributed by atoms with Gasteiger partial charge < -0.3 is 3.67 Å². The molecule has 0 aliphatic carbocycles. The minimum absolute atomic E-state index is 0.00719. The van der Waals surface area contributed by atoms with Crippen LogP contribution in [0.3, 0.4) is 0 Å². The molecule has 1 rings (SSSR count). The molecule has 0 unspecified atom stereocenters. The van der Waals surface area contributed by atoms with Crippen molar-refractivity contribution in [2.75, 3.05) is 0 Å². The molecule has 0 amide bonds. The molecular weight excluding hydrogens is 230 g/mol. The second kappa shape index (κ2) is 3.83. The zero-order valence-electron chi connectivity index (χ0n) is 8.00. The van der Waals surface area contributed by atoms with Gasteiger partial charge >= 0.3 is 28.4 Å². The van der Waals surface area contributed by atoms with E-state index in [1.54, 1.807) is 0 Å². The minimum Gasteiger partial charge on any atom is -0.322 e. The normalized spacial score (nSPS) is 11.7. The molecule has 0 atom stereocenters. The van der Waals surface area contributed by atoms with Gasteiger partial charge in [-0.15, -0.1) is 0 Å². The maximum Gasteiger partial charge on any atom is 0.440 e. The molecule has 0 radical (unpaired) electrons. The monoisotopic (exact) mass is 237 g/mol. The molecule has 9 heteroatoms. The highest BCUT2D eigenvalue weighted by atomic mass is 27.1. The van der Waals surface area contributed by atoms with Crippen molar-refractivity contribution in [2.45, 2.75) is 19.6 Å². The van der Waals surface area contributed by atoms with Gasteiger partial charge in [0.25, 0.3) is 5.56 Å². The number of nitrogens with zero attached hydrogens (tertiary/aromatic N) is 3. The van der Waals surface area contributed by atoms with Crippen LogP contribution in [0.4, 0.5) is 13.2 Å². The van der Waals surface area contributed by atoms with E-state index in [9.17, 15) is 22.8 Å². The van der Waals surface area contributed by atoms with Crippen LogP contribution in [0.2, 0.25) is 0 Å². The molecule has 1 aromatic heterocycles. The van der Waals surface area contributed by atoms with Crippen LogP contribution in [0.25, 0.3) is 0 Å².